The molecule has 0 fully saturated rings. The zero-order valence-electron chi connectivity index (χ0n) is 10.4. The Labute approximate surface area is 145 Å². The van der Waals surface area contributed by atoms with Crippen LogP contribution < -0.4 is 24.8 Å². The Morgan fingerprint density at radius 2 is 1.30 bits per heavy atom. The van der Waals surface area contributed by atoms with Gasteiger partial charge < -0.3 is 37.1 Å². The van der Waals surface area contributed by atoms with Gasteiger partial charge in [0.05, 0.1) is 11.0 Å². The van der Waals surface area contributed by atoms with Crippen molar-refractivity contribution in [3.8, 4) is 5.69 Å². The summed E-state index contributed by atoms with van der Waals surface area (Å²) in [7, 11) is 0. The minimum atomic E-state index is 0. The second kappa shape index (κ2) is 10.8. The fraction of sp³-hybridized carbons (Fsp3) is 0. The van der Waals surface area contributed by atoms with Crippen molar-refractivity contribution in [3.63, 3.8) is 0 Å². The van der Waals surface area contributed by atoms with Gasteiger partial charge in [0.2, 0.25) is 0 Å². The van der Waals surface area contributed by atoms with Crippen molar-refractivity contribution >= 4 is 11.0 Å². The van der Waals surface area contributed by atoms with Gasteiger partial charge in [-0.3, -0.25) is 4.57 Å². The number of fused-ring (bicyclic) bond motifs is 1. The van der Waals surface area contributed by atoms with Crippen LogP contribution in [-0.2, 0) is 21.1 Å². The smallest absolute Gasteiger partial charge is 1.00 e. The second-order valence-electron chi connectivity index (χ2n) is 3.44. The quantitative estimate of drug-likeness (QED) is 0.406. The van der Waals surface area contributed by atoms with E-state index in [9.17, 15) is 0 Å². The van der Waals surface area contributed by atoms with Gasteiger partial charge in [0.25, 0.3) is 0 Å². The van der Waals surface area contributed by atoms with E-state index in [1.807, 2.05) is 42.7 Å². The first-order valence-electron chi connectivity index (χ1n) is 4.93. The molecular weight excluding hydrogens is 478 g/mol. The Morgan fingerprint density at radius 3 is 1.95 bits per heavy atom. The molecule has 4 nitrogen and oxygen atoms in total. The number of nitrogens with zero attached hydrogens (tertiary/aromatic N) is 2. The average molecular weight is 492 g/mol. The number of hydrogen-bond acceptors (Lipinski definition) is 1. The topological polar surface area (TPSA) is 84.8 Å². The molecule has 0 aliphatic carbocycles. The maximum absolute atomic E-state index is 4.36. The van der Waals surface area contributed by atoms with Crippen LogP contribution in [0, 0.1) is 0 Å². The number of benzene rings is 2. The maximum atomic E-state index is 4.36. The summed E-state index contributed by atoms with van der Waals surface area (Å²) >= 11 is 0. The molecular formula is C13H14Cl2N4Pt. The van der Waals surface area contributed by atoms with Crippen LogP contribution >= 0.6 is 0 Å². The molecule has 0 spiro atoms. The standard InChI is InChI=1S/C13H10N2.2ClH.2H2N.Pt/c1-2-6-11(7-3-1)15-10-14-12-8-4-5-9-13(12)15;;;;;/h1-10H;2*1H;2*1H2;/q;;;2*-1;+4/p-2. The molecule has 4 N–H and O–H groups in total. The van der Waals surface area contributed by atoms with Crippen LogP contribution in [0.4, 0.5) is 0 Å². The van der Waals surface area contributed by atoms with E-state index in [0.717, 1.165) is 16.7 Å². The Balaban J connectivity index is -0.000000578. The molecule has 110 valence electrons. The fourth-order valence-corrected chi connectivity index (χ4v) is 1.75. The van der Waals surface area contributed by atoms with Crippen molar-refractivity contribution < 1.29 is 45.9 Å². The normalized spacial score (nSPS) is 8.00. The van der Waals surface area contributed by atoms with Crippen molar-refractivity contribution in [1.82, 2.24) is 9.55 Å². The molecule has 0 bridgehead atoms. The molecule has 0 unspecified atom stereocenters. The maximum Gasteiger partial charge on any atom is 4.00 e. The predicted molar refractivity (Wildman–Crippen MR) is 71.6 cm³/mol. The van der Waals surface area contributed by atoms with E-state index < -0.39 is 0 Å². The van der Waals surface area contributed by atoms with Crippen LogP contribution in [-0.4, -0.2) is 9.55 Å². The summed E-state index contributed by atoms with van der Waals surface area (Å²) in [6, 6.07) is 18.4. The third-order valence-corrected chi connectivity index (χ3v) is 2.49. The van der Waals surface area contributed by atoms with Gasteiger partial charge in [-0.25, -0.2) is 4.98 Å². The van der Waals surface area contributed by atoms with Gasteiger partial charge in [-0.05, 0) is 24.3 Å². The number of halogens is 2. The third-order valence-electron chi connectivity index (χ3n) is 2.49. The van der Waals surface area contributed by atoms with E-state index >= 15 is 0 Å². The monoisotopic (exact) mass is 491 g/mol. The fourth-order valence-electron chi connectivity index (χ4n) is 1.75. The summed E-state index contributed by atoms with van der Waals surface area (Å²) in [5.74, 6) is 0. The summed E-state index contributed by atoms with van der Waals surface area (Å²) in [4.78, 5) is 4.36. The van der Waals surface area contributed by atoms with Crippen LogP contribution in [0.15, 0.2) is 60.9 Å². The summed E-state index contributed by atoms with van der Waals surface area (Å²) in [5.41, 5.74) is 3.32. The number of aromatic nitrogens is 2. The Hall–Kier alpha value is -0.902. The van der Waals surface area contributed by atoms with Gasteiger partial charge in [-0.2, -0.15) is 0 Å². The molecule has 0 aliphatic rings. The van der Waals surface area contributed by atoms with E-state index in [2.05, 4.69) is 27.8 Å². The molecule has 20 heavy (non-hydrogen) atoms. The largest absolute Gasteiger partial charge is 4.00 e. The molecule has 0 saturated heterocycles. The molecule has 0 saturated carbocycles. The van der Waals surface area contributed by atoms with E-state index in [1.54, 1.807) is 0 Å². The third kappa shape index (κ3) is 4.58. The average Bonchev–Trinajstić information content (AvgIpc) is 2.74. The molecule has 0 amide bonds. The van der Waals surface area contributed by atoms with Crippen LogP contribution in [0.1, 0.15) is 0 Å². The number of para-hydroxylation sites is 3. The van der Waals surface area contributed by atoms with Crippen LogP contribution in [0.2, 0.25) is 0 Å². The van der Waals surface area contributed by atoms with Gasteiger partial charge in [-0.15, -0.1) is 0 Å². The molecule has 3 aromatic rings. The van der Waals surface area contributed by atoms with Gasteiger partial charge in [0.1, 0.15) is 6.33 Å². The Kier molecular flexibility index (Phi) is 13.1. The van der Waals surface area contributed by atoms with Crippen molar-refractivity contribution in [2.75, 3.05) is 0 Å². The Bertz CT molecular complexity index is 601. The minimum Gasteiger partial charge on any atom is -1.00 e. The van der Waals surface area contributed by atoms with Crippen LogP contribution in [0.5, 0.6) is 0 Å². The molecule has 2 aromatic carbocycles. The van der Waals surface area contributed by atoms with Crippen molar-refractivity contribution in [2.24, 2.45) is 0 Å². The molecule has 7 heteroatoms. The zero-order valence-corrected chi connectivity index (χ0v) is 14.2. The first kappa shape index (κ1) is 24.1. The van der Waals surface area contributed by atoms with E-state index in [4.69, 9.17) is 0 Å². The van der Waals surface area contributed by atoms with Gasteiger partial charge in [0.15, 0.2) is 0 Å². The number of imidazole rings is 1. The summed E-state index contributed by atoms with van der Waals surface area (Å²) in [6.45, 7) is 0. The number of hydrogen-bond donors (Lipinski definition) is 0. The first-order chi connectivity index (χ1) is 7.45. The summed E-state index contributed by atoms with van der Waals surface area (Å²) in [5, 5.41) is 0. The molecule has 1 aromatic heterocycles. The zero-order chi connectivity index (χ0) is 10.1. The summed E-state index contributed by atoms with van der Waals surface area (Å²) < 4.78 is 2.09. The van der Waals surface area contributed by atoms with E-state index in [0.29, 0.717) is 0 Å². The molecule has 0 aliphatic heterocycles. The molecule has 3 rings (SSSR count). The number of rotatable bonds is 1. The van der Waals surface area contributed by atoms with Crippen molar-refractivity contribution in [3.05, 3.63) is 73.2 Å². The van der Waals surface area contributed by atoms with E-state index in [-0.39, 0.29) is 58.2 Å². The van der Waals surface area contributed by atoms with Crippen LogP contribution in [0.3, 0.4) is 0 Å². The molecule has 1 heterocycles. The van der Waals surface area contributed by atoms with Crippen molar-refractivity contribution in [2.45, 2.75) is 0 Å². The second-order valence-corrected chi connectivity index (χ2v) is 3.44. The van der Waals surface area contributed by atoms with E-state index in [1.165, 1.54) is 0 Å². The van der Waals surface area contributed by atoms with Crippen LogP contribution in [0.25, 0.3) is 29.0 Å². The molecule has 0 radical (unpaired) electrons. The number of nitrogens with two attached hydrogens (primary N) is 2. The summed E-state index contributed by atoms with van der Waals surface area (Å²) in [6.07, 6.45) is 1.86. The van der Waals surface area contributed by atoms with Crippen molar-refractivity contribution in [1.29, 1.82) is 0 Å². The van der Waals surface area contributed by atoms with Gasteiger partial charge >= 0.3 is 21.1 Å². The Morgan fingerprint density at radius 1 is 0.750 bits per heavy atom. The van der Waals surface area contributed by atoms with Gasteiger partial charge in [0, 0.05) is 5.69 Å². The molecule has 0 atom stereocenters. The first-order valence-corrected chi connectivity index (χ1v) is 4.93. The SMILES string of the molecule is [Cl-].[Cl-].[NH2-].[NH2-].[Pt+4].c1ccc(-n2cnc3ccccc32)cc1. The predicted octanol–water partition coefficient (Wildman–Crippen LogP) is -1.53. The minimum absolute atomic E-state index is 0. The van der Waals surface area contributed by atoms with Gasteiger partial charge in [-0.1, -0.05) is 30.3 Å².